The monoisotopic (exact) mass is 475 g/mol. The van der Waals surface area contributed by atoms with Crippen LogP contribution in [0.5, 0.6) is 5.75 Å². The number of hydrogen-bond acceptors (Lipinski definition) is 6. The molecule has 2 saturated heterocycles. The van der Waals surface area contributed by atoms with Gasteiger partial charge in [0, 0.05) is 39.3 Å². The highest BCUT2D eigenvalue weighted by molar-refractivity contribution is 7.89. The molecule has 0 spiro atoms. The summed E-state index contributed by atoms with van der Waals surface area (Å²) in [6.07, 6.45) is 1.94. The Bertz CT molecular complexity index is 1120. The lowest BCUT2D eigenvalue weighted by Crippen LogP contribution is -2.49. The second-order valence-corrected chi connectivity index (χ2v) is 11.0. The van der Waals surface area contributed by atoms with E-state index in [9.17, 15) is 13.2 Å². The van der Waals surface area contributed by atoms with Crippen LogP contribution >= 0.6 is 0 Å². The van der Waals surface area contributed by atoms with Crippen molar-refractivity contribution in [3.05, 3.63) is 41.3 Å². The number of benzene rings is 1. The number of aryl methyl sites for hydroxylation is 2. The van der Waals surface area contributed by atoms with Gasteiger partial charge < -0.3 is 19.0 Å². The van der Waals surface area contributed by atoms with Crippen LogP contribution in [0.1, 0.15) is 41.6 Å². The smallest absolute Gasteiger partial charge is 0.257 e. The second-order valence-electron chi connectivity index (χ2n) is 9.05. The van der Waals surface area contributed by atoms with Gasteiger partial charge >= 0.3 is 0 Å². The quantitative estimate of drug-likeness (QED) is 0.660. The molecule has 9 heteroatoms. The molecule has 2 aromatic rings. The predicted octanol–water partition coefficient (Wildman–Crippen LogP) is 3.29. The molecular weight excluding hydrogens is 442 g/mol. The molecule has 4 rings (SSSR count). The molecule has 33 heavy (non-hydrogen) atoms. The lowest BCUT2D eigenvalue weighted by molar-refractivity contribution is 0.0745. The van der Waals surface area contributed by atoms with E-state index in [4.69, 9.17) is 9.15 Å². The highest BCUT2D eigenvalue weighted by Gasteiger charge is 2.31. The number of rotatable bonds is 5. The number of carbonyl (C=O) groups excluding carboxylic acids is 1. The molecule has 1 atom stereocenters. The molecule has 1 aromatic heterocycles. The summed E-state index contributed by atoms with van der Waals surface area (Å²) in [6, 6.07) is 6.85. The summed E-state index contributed by atoms with van der Waals surface area (Å²) in [5, 5.41) is 0. The Hall–Kier alpha value is -2.52. The molecule has 2 aliphatic heterocycles. The minimum Gasteiger partial charge on any atom is -0.495 e. The van der Waals surface area contributed by atoms with Crippen LogP contribution in [0.4, 0.5) is 5.69 Å². The van der Waals surface area contributed by atoms with Crippen molar-refractivity contribution in [1.29, 1.82) is 0 Å². The van der Waals surface area contributed by atoms with Crippen LogP contribution < -0.4 is 9.64 Å². The second kappa shape index (κ2) is 9.38. The number of carbonyl (C=O) groups is 1. The van der Waals surface area contributed by atoms with Crippen LogP contribution in [0.2, 0.25) is 0 Å². The first-order chi connectivity index (χ1) is 15.7. The lowest BCUT2D eigenvalue weighted by atomic mass is 10.0. The van der Waals surface area contributed by atoms with Crippen molar-refractivity contribution in [1.82, 2.24) is 9.21 Å². The summed E-state index contributed by atoms with van der Waals surface area (Å²) < 4.78 is 39.3. The molecule has 8 nitrogen and oxygen atoms in total. The van der Waals surface area contributed by atoms with Crippen molar-refractivity contribution >= 4 is 21.6 Å². The summed E-state index contributed by atoms with van der Waals surface area (Å²) >= 11 is 0. The van der Waals surface area contributed by atoms with E-state index in [1.54, 1.807) is 42.6 Å². The predicted molar refractivity (Wildman–Crippen MR) is 126 cm³/mol. The van der Waals surface area contributed by atoms with E-state index in [0.717, 1.165) is 24.3 Å². The highest BCUT2D eigenvalue weighted by atomic mass is 32.2. The maximum atomic E-state index is 13.3. The molecule has 0 unspecified atom stereocenters. The number of piperazine rings is 1. The molecule has 2 fully saturated rings. The van der Waals surface area contributed by atoms with Gasteiger partial charge in [0.15, 0.2) is 0 Å². The van der Waals surface area contributed by atoms with E-state index in [-0.39, 0.29) is 10.8 Å². The summed E-state index contributed by atoms with van der Waals surface area (Å²) in [7, 11) is -1.98. The molecule has 0 aliphatic carbocycles. The van der Waals surface area contributed by atoms with Crippen LogP contribution in [-0.2, 0) is 10.0 Å². The molecule has 3 heterocycles. The first-order valence-electron chi connectivity index (χ1n) is 11.5. The summed E-state index contributed by atoms with van der Waals surface area (Å²) in [4.78, 5) is 17.1. The van der Waals surface area contributed by atoms with E-state index in [0.29, 0.717) is 62.3 Å². The highest BCUT2D eigenvalue weighted by Crippen LogP contribution is 2.34. The van der Waals surface area contributed by atoms with E-state index in [1.165, 1.54) is 0 Å². The number of sulfonamides is 1. The van der Waals surface area contributed by atoms with E-state index in [1.807, 2.05) is 11.8 Å². The fraction of sp³-hybridized carbons (Fsp3) is 0.542. The normalized spacial score (nSPS) is 20.2. The maximum absolute atomic E-state index is 13.3. The third-order valence-corrected chi connectivity index (χ3v) is 8.45. The van der Waals surface area contributed by atoms with Gasteiger partial charge in [0.1, 0.15) is 17.3 Å². The third kappa shape index (κ3) is 4.75. The minimum absolute atomic E-state index is 0.0356. The largest absolute Gasteiger partial charge is 0.495 e. The van der Waals surface area contributed by atoms with Crippen molar-refractivity contribution in [3.8, 4) is 5.75 Å². The van der Waals surface area contributed by atoms with Gasteiger partial charge in [-0.25, -0.2) is 8.42 Å². The van der Waals surface area contributed by atoms with Crippen LogP contribution in [0.3, 0.4) is 0 Å². The molecular formula is C24H33N3O5S. The van der Waals surface area contributed by atoms with Gasteiger partial charge in [-0.05, 0) is 56.9 Å². The average molecular weight is 476 g/mol. The fourth-order valence-electron chi connectivity index (χ4n) is 4.75. The van der Waals surface area contributed by atoms with Crippen LogP contribution in [0.15, 0.2) is 33.6 Å². The molecule has 0 radical (unpaired) electrons. The molecule has 0 bridgehead atoms. The Morgan fingerprint density at radius 3 is 2.42 bits per heavy atom. The Morgan fingerprint density at radius 1 is 1.09 bits per heavy atom. The van der Waals surface area contributed by atoms with Gasteiger partial charge in [-0.1, -0.05) is 6.92 Å². The standard InChI is InChI=1S/C24H33N3O5S/c1-17-6-5-9-27(16-17)33(29,30)20-7-8-23(31-4)22(15-20)25-10-12-26(13-11-25)24(28)21-14-18(2)32-19(21)3/h7-8,14-15,17H,5-6,9-13,16H2,1-4H3/t17-/m1/s1. The SMILES string of the molecule is COc1ccc(S(=O)(=O)N2CCC[C@@H](C)C2)cc1N1CCN(C(=O)c2cc(C)oc2C)CC1. The zero-order valence-electron chi connectivity index (χ0n) is 19.8. The minimum atomic E-state index is -3.57. The molecule has 1 aromatic carbocycles. The van der Waals surface area contributed by atoms with Crippen LogP contribution in [-0.4, -0.2) is 69.9 Å². The van der Waals surface area contributed by atoms with Gasteiger partial charge in [-0.2, -0.15) is 4.31 Å². The Kier molecular flexibility index (Phi) is 6.72. The van der Waals surface area contributed by atoms with Crippen LogP contribution in [0, 0.1) is 19.8 Å². The van der Waals surface area contributed by atoms with Gasteiger partial charge in [0.05, 0.1) is 23.3 Å². The van der Waals surface area contributed by atoms with Crippen molar-refractivity contribution in [2.45, 2.75) is 38.5 Å². The Balaban J connectivity index is 1.52. The number of hydrogen-bond donors (Lipinski definition) is 0. The Morgan fingerprint density at radius 2 is 1.82 bits per heavy atom. The molecule has 0 N–H and O–H groups in total. The van der Waals surface area contributed by atoms with Crippen molar-refractivity contribution < 1.29 is 22.4 Å². The van der Waals surface area contributed by atoms with Gasteiger partial charge in [-0.15, -0.1) is 0 Å². The molecule has 1 amide bonds. The maximum Gasteiger partial charge on any atom is 0.257 e. The zero-order valence-corrected chi connectivity index (χ0v) is 20.7. The average Bonchev–Trinajstić information content (AvgIpc) is 3.16. The number of anilines is 1. The number of piperidine rings is 1. The number of nitrogens with zero attached hydrogens (tertiary/aromatic N) is 3. The van der Waals surface area contributed by atoms with E-state index >= 15 is 0 Å². The number of furan rings is 1. The molecule has 2 aliphatic rings. The first kappa shape index (κ1) is 23.6. The molecule has 180 valence electrons. The van der Waals surface area contributed by atoms with Crippen molar-refractivity contribution in [3.63, 3.8) is 0 Å². The van der Waals surface area contributed by atoms with Gasteiger partial charge in [0.25, 0.3) is 5.91 Å². The topological polar surface area (TPSA) is 83.3 Å². The summed E-state index contributed by atoms with van der Waals surface area (Å²) in [6.45, 7) is 9.08. The van der Waals surface area contributed by atoms with Gasteiger partial charge in [-0.3, -0.25) is 4.79 Å². The summed E-state index contributed by atoms with van der Waals surface area (Å²) in [5.41, 5.74) is 1.34. The first-order valence-corrected chi connectivity index (χ1v) is 12.9. The van der Waals surface area contributed by atoms with E-state index in [2.05, 4.69) is 11.8 Å². The van der Waals surface area contributed by atoms with Gasteiger partial charge in [0.2, 0.25) is 10.0 Å². The third-order valence-electron chi connectivity index (χ3n) is 6.59. The number of amides is 1. The van der Waals surface area contributed by atoms with Crippen LogP contribution in [0.25, 0.3) is 0 Å². The Labute approximate surface area is 196 Å². The zero-order chi connectivity index (χ0) is 23.8. The van der Waals surface area contributed by atoms with Crippen molar-refractivity contribution in [2.75, 3.05) is 51.3 Å². The molecule has 0 saturated carbocycles. The van der Waals surface area contributed by atoms with Crippen molar-refractivity contribution in [2.24, 2.45) is 5.92 Å². The van der Waals surface area contributed by atoms with E-state index < -0.39 is 10.0 Å². The summed E-state index contributed by atoms with van der Waals surface area (Å²) in [5.74, 6) is 2.31. The number of methoxy groups -OCH3 is 1. The number of ether oxygens (including phenoxy) is 1. The lowest BCUT2D eigenvalue weighted by Gasteiger charge is -2.37. The fourth-order valence-corrected chi connectivity index (χ4v) is 6.37.